The van der Waals surface area contributed by atoms with E-state index in [0.29, 0.717) is 67.5 Å². The fraction of sp³-hybridized carbons (Fsp3) is 0.483. The predicted molar refractivity (Wildman–Crippen MR) is 145 cm³/mol. The second-order valence-electron chi connectivity index (χ2n) is 9.28. The number of amides is 1. The van der Waals surface area contributed by atoms with E-state index in [1.165, 1.54) is 0 Å². The topological polar surface area (TPSA) is 133 Å². The van der Waals surface area contributed by atoms with Crippen LogP contribution in [0.2, 0.25) is 0 Å². The van der Waals surface area contributed by atoms with Gasteiger partial charge in [-0.25, -0.2) is 0 Å². The molecule has 0 spiro atoms. The van der Waals surface area contributed by atoms with Gasteiger partial charge in [0.15, 0.2) is 0 Å². The Kier molecular flexibility index (Phi) is 11.4. The Morgan fingerprint density at radius 2 is 1.58 bits per heavy atom. The highest BCUT2D eigenvalue weighted by molar-refractivity contribution is 5.95. The number of rotatable bonds is 13. The average Bonchev–Trinajstić information content (AvgIpc) is 2.90. The smallest absolute Gasteiger partial charge is 0.305 e. The molecule has 0 bridgehead atoms. The molecule has 2 aromatic rings. The van der Waals surface area contributed by atoms with Crippen LogP contribution in [-0.4, -0.2) is 49.7 Å². The van der Waals surface area contributed by atoms with Gasteiger partial charge in [-0.2, -0.15) is 0 Å². The number of hydrogen-bond donors (Lipinski definition) is 3. The first-order valence-corrected chi connectivity index (χ1v) is 13.4. The quantitative estimate of drug-likeness (QED) is 0.146. The van der Waals surface area contributed by atoms with E-state index in [9.17, 15) is 9.59 Å². The number of nitrogens with one attached hydrogen (secondary N) is 2. The fourth-order valence-corrected chi connectivity index (χ4v) is 4.21. The molecule has 1 fully saturated rings. The zero-order valence-electron chi connectivity index (χ0n) is 22.3. The van der Waals surface area contributed by atoms with Crippen LogP contribution in [0, 0.1) is 5.41 Å². The summed E-state index contributed by atoms with van der Waals surface area (Å²) in [6.07, 6.45) is 5.16. The SMILES string of the molecule is CCOC(=N)c1ccc(Oc2cc(OCCCCC(=O)OCC)cc(C(=O)NC3CCC(N)CC3)c2)cc1. The maximum atomic E-state index is 13.1. The van der Waals surface area contributed by atoms with Gasteiger partial charge >= 0.3 is 5.97 Å². The summed E-state index contributed by atoms with van der Waals surface area (Å²) in [7, 11) is 0. The van der Waals surface area contributed by atoms with E-state index in [1.807, 2.05) is 6.92 Å². The van der Waals surface area contributed by atoms with Crippen LogP contribution in [0.15, 0.2) is 42.5 Å². The highest BCUT2D eigenvalue weighted by Crippen LogP contribution is 2.29. The van der Waals surface area contributed by atoms with E-state index in [1.54, 1.807) is 49.4 Å². The Balaban J connectivity index is 1.69. The van der Waals surface area contributed by atoms with Crippen LogP contribution < -0.4 is 20.5 Å². The van der Waals surface area contributed by atoms with Gasteiger partial charge in [0.2, 0.25) is 5.90 Å². The maximum absolute atomic E-state index is 13.1. The maximum Gasteiger partial charge on any atom is 0.305 e. The molecule has 0 heterocycles. The highest BCUT2D eigenvalue weighted by Gasteiger charge is 2.21. The molecule has 0 saturated heterocycles. The molecule has 2 aromatic carbocycles. The van der Waals surface area contributed by atoms with Gasteiger partial charge in [-0.3, -0.25) is 15.0 Å². The third kappa shape index (κ3) is 9.37. The van der Waals surface area contributed by atoms with E-state index in [-0.39, 0.29) is 29.9 Å². The van der Waals surface area contributed by atoms with Gasteiger partial charge in [0.05, 0.1) is 19.8 Å². The molecule has 0 radical (unpaired) electrons. The lowest BCUT2D eigenvalue weighted by Gasteiger charge is -2.26. The van der Waals surface area contributed by atoms with Gasteiger partial charge < -0.3 is 30.0 Å². The van der Waals surface area contributed by atoms with Gasteiger partial charge in [0, 0.05) is 35.7 Å². The van der Waals surface area contributed by atoms with Crippen molar-refractivity contribution in [1.82, 2.24) is 5.32 Å². The molecule has 0 aromatic heterocycles. The monoisotopic (exact) mass is 525 g/mol. The summed E-state index contributed by atoms with van der Waals surface area (Å²) in [4.78, 5) is 24.6. The minimum absolute atomic E-state index is 0.0901. The number of ether oxygens (including phenoxy) is 4. The number of nitrogens with two attached hydrogens (primary N) is 1. The number of carbonyl (C=O) groups is 2. The van der Waals surface area contributed by atoms with Crippen LogP contribution in [0.1, 0.15) is 74.7 Å². The van der Waals surface area contributed by atoms with Crippen LogP contribution in [0.4, 0.5) is 0 Å². The summed E-state index contributed by atoms with van der Waals surface area (Å²) in [6.45, 7) is 4.80. The zero-order valence-corrected chi connectivity index (χ0v) is 22.3. The summed E-state index contributed by atoms with van der Waals surface area (Å²) in [5, 5.41) is 11.0. The van der Waals surface area contributed by atoms with E-state index in [2.05, 4.69) is 5.32 Å². The van der Waals surface area contributed by atoms with Crippen molar-refractivity contribution in [1.29, 1.82) is 5.41 Å². The lowest BCUT2D eigenvalue weighted by atomic mass is 9.91. The third-order valence-electron chi connectivity index (χ3n) is 6.24. The molecule has 0 unspecified atom stereocenters. The summed E-state index contributed by atoms with van der Waals surface area (Å²) in [5.74, 6) is 1.20. The summed E-state index contributed by atoms with van der Waals surface area (Å²) in [5.41, 5.74) is 7.09. The Bertz CT molecular complexity index is 1060. The van der Waals surface area contributed by atoms with Crippen LogP contribution in [0.25, 0.3) is 0 Å². The normalized spacial score (nSPS) is 16.8. The molecule has 0 atom stereocenters. The van der Waals surface area contributed by atoms with Crippen molar-refractivity contribution in [3.8, 4) is 17.2 Å². The zero-order chi connectivity index (χ0) is 27.3. The van der Waals surface area contributed by atoms with Crippen molar-refractivity contribution in [2.45, 2.75) is 70.9 Å². The van der Waals surface area contributed by atoms with Crippen molar-refractivity contribution in [3.05, 3.63) is 53.6 Å². The molecule has 206 valence electrons. The van der Waals surface area contributed by atoms with Gasteiger partial charge in [0.1, 0.15) is 17.2 Å². The van der Waals surface area contributed by atoms with Gasteiger partial charge in [-0.15, -0.1) is 0 Å². The van der Waals surface area contributed by atoms with E-state index < -0.39 is 0 Å². The largest absolute Gasteiger partial charge is 0.493 e. The first kappa shape index (κ1) is 29.0. The number of esters is 1. The minimum atomic E-state index is -0.215. The van der Waals surface area contributed by atoms with Gasteiger partial charge in [0.25, 0.3) is 5.91 Å². The first-order chi connectivity index (χ1) is 18.4. The Morgan fingerprint density at radius 3 is 2.26 bits per heavy atom. The molecule has 1 aliphatic carbocycles. The van der Waals surface area contributed by atoms with Crippen molar-refractivity contribution in [2.75, 3.05) is 19.8 Å². The van der Waals surface area contributed by atoms with E-state index in [0.717, 1.165) is 25.7 Å². The molecule has 9 nitrogen and oxygen atoms in total. The van der Waals surface area contributed by atoms with Crippen LogP contribution >= 0.6 is 0 Å². The van der Waals surface area contributed by atoms with Crippen molar-refractivity contribution < 1.29 is 28.5 Å². The molecule has 1 aliphatic rings. The average molecular weight is 526 g/mol. The van der Waals surface area contributed by atoms with Gasteiger partial charge in [-0.1, -0.05) is 0 Å². The Labute approximate surface area is 224 Å². The van der Waals surface area contributed by atoms with Crippen LogP contribution in [0.3, 0.4) is 0 Å². The van der Waals surface area contributed by atoms with Crippen molar-refractivity contribution in [2.24, 2.45) is 5.73 Å². The minimum Gasteiger partial charge on any atom is -0.493 e. The Morgan fingerprint density at radius 1 is 0.895 bits per heavy atom. The van der Waals surface area contributed by atoms with Crippen LogP contribution in [0.5, 0.6) is 17.2 Å². The lowest BCUT2D eigenvalue weighted by Crippen LogP contribution is -2.40. The first-order valence-electron chi connectivity index (χ1n) is 13.4. The standard InChI is InChI=1S/C29H39N3O6/c1-3-35-27(33)7-5-6-16-37-25-17-21(29(34)32-23-12-10-22(30)11-13-23)18-26(19-25)38-24-14-8-20(9-15-24)28(31)36-4-2/h8-9,14-15,17-19,22-23,31H,3-7,10-13,16,30H2,1-2H3,(H,32,34). The summed E-state index contributed by atoms with van der Waals surface area (Å²) < 4.78 is 22.2. The molecule has 3 rings (SSSR count). The third-order valence-corrected chi connectivity index (χ3v) is 6.24. The molecule has 1 saturated carbocycles. The second kappa shape index (κ2) is 15.0. The Hall–Kier alpha value is -3.59. The summed E-state index contributed by atoms with van der Waals surface area (Å²) in [6, 6.07) is 12.4. The van der Waals surface area contributed by atoms with E-state index >= 15 is 0 Å². The fourth-order valence-electron chi connectivity index (χ4n) is 4.21. The number of unbranched alkanes of at least 4 members (excludes halogenated alkanes) is 1. The number of hydrogen-bond acceptors (Lipinski definition) is 8. The van der Waals surface area contributed by atoms with Crippen molar-refractivity contribution >= 4 is 17.8 Å². The summed E-state index contributed by atoms with van der Waals surface area (Å²) >= 11 is 0. The van der Waals surface area contributed by atoms with Crippen LogP contribution in [-0.2, 0) is 14.3 Å². The molecular formula is C29H39N3O6. The van der Waals surface area contributed by atoms with Crippen molar-refractivity contribution in [3.63, 3.8) is 0 Å². The molecule has 0 aliphatic heterocycles. The predicted octanol–water partition coefficient (Wildman–Crippen LogP) is 4.95. The molecule has 9 heteroatoms. The molecular weight excluding hydrogens is 486 g/mol. The molecule has 4 N–H and O–H groups in total. The molecule has 1 amide bonds. The number of carbonyl (C=O) groups excluding carboxylic acids is 2. The number of benzene rings is 2. The van der Waals surface area contributed by atoms with Gasteiger partial charge in [-0.05, 0) is 88.8 Å². The lowest BCUT2D eigenvalue weighted by molar-refractivity contribution is -0.143. The second-order valence-corrected chi connectivity index (χ2v) is 9.28. The highest BCUT2D eigenvalue weighted by atomic mass is 16.5. The molecule has 38 heavy (non-hydrogen) atoms. The van der Waals surface area contributed by atoms with E-state index in [4.69, 9.17) is 30.1 Å².